The van der Waals surface area contributed by atoms with Crippen LogP contribution in [0.1, 0.15) is 42.4 Å². The van der Waals surface area contributed by atoms with Gasteiger partial charge in [-0.3, -0.25) is 0 Å². The van der Waals surface area contributed by atoms with Gasteiger partial charge in [-0.25, -0.2) is 0 Å². The van der Waals surface area contributed by atoms with Crippen molar-refractivity contribution in [3.63, 3.8) is 0 Å². The van der Waals surface area contributed by atoms with Gasteiger partial charge in [0.25, 0.3) is 0 Å². The lowest BCUT2D eigenvalue weighted by atomic mass is 9.95. The molecule has 4 nitrogen and oxygen atoms in total. The largest absolute Gasteiger partial charge is 0.497 e. The van der Waals surface area contributed by atoms with Crippen LogP contribution >= 0.6 is 0 Å². The Labute approximate surface area is 221 Å². The summed E-state index contributed by atoms with van der Waals surface area (Å²) in [7, 11) is 3.37. The summed E-state index contributed by atoms with van der Waals surface area (Å²) in [5, 5.41) is 0. The summed E-state index contributed by atoms with van der Waals surface area (Å²) in [6.45, 7) is 2.62. The van der Waals surface area contributed by atoms with Crippen molar-refractivity contribution < 1.29 is 18.9 Å². The minimum Gasteiger partial charge on any atom is -0.497 e. The highest BCUT2D eigenvalue weighted by Crippen LogP contribution is 2.36. The summed E-state index contributed by atoms with van der Waals surface area (Å²) >= 11 is 0. The Balaban J connectivity index is 1.31. The van der Waals surface area contributed by atoms with Crippen LogP contribution in [0.15, 0.2) is 96.6 Å². The zero-order valence-electron chi connectivity index (χ0n) is 22.0. The third-order valence-electron chi connectivity index (χ3n) is 6.81. The number of hydrogen-bond donors (Lipinski definition) is 0. The maximum atomic E-state index is 6.06. The van der Waals surface area contributed by atoms with Crippen LogP contribution in [0.25, 0.3) is 5.57 Å². The Bertz CT molecular complexity index is 1130. The molecule has 0 fully saturated rings. The number of allylic oxidation sites excluding steroid dienone is 2. The third kappa shape index (κ3) is 8.34. The SMILES string of the molecule is COc1ccc(COCC/C=C(/CCOCc2ccc(OC)cc2)C2C=C(c3ccccc3)CC2)cc1. The first-order valence-corrected chi connectivity index (χ1v) is 13.1. The molecular formula is C33H38O4. The van der Waals surface area contributed by atoms with Crippen LogP contribution in [0.3, 0.4) is 0 Å². The smallest absolute Gasteiger partial charge is 0.118 e. The lowest BCUT2D eigenvalue weighted by Crippen LogP contribution is -2.04. The minimum absolute atomic E-state index is 0.460. The van der Waals surface area contributed by atoms with Gasteiger partial charge in [-0.1, -0.05) is 72.3 Å². The minimum atomic E-state index is 0.460. The maximum Gasteiger partial charge on any atom is 0.118 e. The van der Waals surface area contributed by atoms with Gasteiger partial charge in [0.05, 0.1) is 40.6 Å². The van der Waals surface area contributed by atoms with Crippen LogP contribution in [-0.4, -0.2) is 27.4 Å². The van der Waals surface area contributed by atoms with E-state index >= 15 is 0 Å². The van der Waals surface area contributed by atoms with E-state index in [9.17, 15) is 0 Å². The van der Waals surface area contributed by atoms with E-state index in [1.807, 2.05) is 24.3 Å². The lowest BCUT2D eigenvalue weighted by Gasteiger charge is -2.14. The molecule has 0 radical (unpaired) electrons. The van der Waals surface area contributed by atoms with Gasteiger partial charge in [0.1, 0.15) is 11.5 Å². The molecule has 4 heteroatoms. The summed E-state index contributed by atoms with van der Waals surface area (Å²) < 4.78 is 22.5. The van der Waals surface area contributed by atoms with Crippen LogP contribution < -0.4 is 9.47 Å². The molecule has 3 aromatic rings. The maximum absolute atomic E-state index is 6.06. The summed E-state index contributed by atoms with van der Waals surface area (Å²) in [6.07, 6.45) is 8.93. The summed E-state index contributed by atoms with van der Waals surface area (Å²) in [6, 6.07) is 26.8. The molecule has 0 N–H and O–H groups in total. The second-order valence-corrected chi connectivity index (χ2v) is 9.32. The van der Waals surface area contributed by atoms with Crippen LogP contribution in [0, 0.1) is 5.92 Å². The second-order valence-electron chi connectivity index (χ2n) is 9.32. The van der Waals surface area contributed by atoms with Crippen molar-refractivity contribution in [3.8, 4) is 11.5 Å². The van der Waals surface area contributed by atoms with E-state index in [4.69, 9.17) is 18.9 Å². The Kier molecular flexibility index (Phi) is 10.4. The Morgan fingerprint density at radius 2 is 1.35 bits per heavy atom. The van der Waals surface area contributed by atoms with Crippen molar-refractivity contribution >= 4 is 5.57 Å². The fourth-order valence-electron chi connectivity index (χ4n) is 4.69. The predicted octanol–water partition coefficient (Wildman–Crippen LogP) is 7.64. The highest BCUT2D eigenvalue weighted by molar-refractivity contribution is 5.68. The highest BCUT2D eigenvalue weighted by Gasteiger charge is 2.20. The molecular weight excluding hydrogens is 460 g/mol. The monoisotopic (exact) mass is 498 g/mol. The molecule has 0 aliphatic heterocycles. The molecule has 1 unspecified atom stereocenters. The number of rotatable bonds is 14. The molecule has 0 aromatic heterocycles. The third-order valence-corrected chi connectivity index (χ3v) is 6.81. The van der Waals surface area contributed by atoms with Gasteiger partial charge in [0.15, 0.2) is 0 Å². The summed E-state index contributed by atoms with van der Waals surface area (Å²) in [5.74, 6) is 2.19. The Hall–Kier alpha value is -3.34. The fourth-order valence-corrected chi connectivity index (χ4v) is 4.69. The van der Waals surface area contributed by atoms with Gasteiger partial charge in [-0.15, -0.1) is 0 Å². The average molecular weight is 499 g/mol. The zero-order chi connectivity index (χ0) is 25.7. The molecule has 0 saturated heterocycles. The topological polar surface area (TPSA) is 36.9 Å². The zero-order valence-corrected chi connectivity index (χ0v) is 22.0. The first kappa shape index (κ1) is 26.7. The number of hydrogen-bond acceptors (Lipinski definition) is 4. The predicted molar refractivity (Wildman–Crippen MR) is 150 cm³/mol. The molecule has 194 valence electrons. The van der Waals surface area contributed by atoms with Gasteiger partial charge in [0, 0.05) is 0 Å². The molecule has 3 aromatic carbocycles. The number of ether oxygens (including phenoxy) is 4. The van der Waals surface area contributed by atoms with Gasteiger partial charge in [-0.05, 0) is 78.1 Å². The molecule has 0 saturated carbocycles. The second kappa shape index (κ2) is 14.4. The van der Waals surface area contributed by atoms with Crippen molar-refractivity contribution in [2.24, 2.45) is 5.92 Å². The molecule has 0 bridgehead atoms. The van der Waals surface area contributed by atoms with Crippen LogP contribution in [0.5, 0.6) is 11.5 Å². The van der Waals surface area contributed by atoms with E-state index in [1.165, 1.54) is 16.7 Å². The van der Waals surface area contributed by atoms with Gasteiger partial charge < -0.3 is 18.9 Å². The lowest BCUT2D eigenvalue weighted by molar-refractivity contribution is 0.121. The molecule has 0 spiro atoms. The van der Waals surface area contributed by atoms with Gasteiger partial charge >= 0.3 is 0 Å². The standard InChI is InChI=1S/C33H38O4/c1-34-32-16-10-26(11-17-32)24-36-21-6-9-29(20-22-37-25-27-12-18-33(35-2)19-13-27)31-15-14-30(23-31)28-7-4-3-5-8-28/h3-5,7-13,16-19,23,31H,6,14-15,20-22,24-25H2,1-2H3/b29-9-. The van der Waals surface area contributed by atoms with Crippen molar-refractivity contribution in [2.45, 2.75) is 38.9 Å². The molecule has 4 rings (SSSR count). The van der Waals surface area contributed by atoms with E-state index < -0.39 is 0 Å². The Morgan fingerprint density at radius 3 is 1.95 bits per heavy atom. The highest BCUT2D eigenvalue weighted by atomic mass is 16.5. The normalized spacial score (nSPS) is 15.5. The van der Waals surface area contributed by atoms with Crippen molar-refractivity contribution in [2.75, 3.05) is 27.4 Å². The first-order valence-electron chi connectivity index (χ1n) is 13.1. The molecule has 37 heavy (non-hydrogen) atoms. The van der Waals surface area contributed by atoms with Crippen molar-refractivity contribution in [3.05, 3.63) is 113 Å². The molecule has 1 aliphatic carbocycles. The molecule has 0 amide bonds. The van der Waals surface area contributed by atoms with Crippen molar-refractivity contribution in [1.29, 1.82) is 0 Å². The summed E-state index contributed by atoms with van der Waals surface area (Å²) in [5.41, 5.74) is 6.55. The van der Waals surface area contributed by atoms with Crippen LogP contribution in [-0.2, 0) is 22.7 Å². The van der Waals surface area contributed by atoms with Gasteiger partial charge in [0.2, 0.25) is 0 Å². The van der Waals surface area contributed by atoms with E-state index in [2.05, 4.69) is 66.7 Å². The van der Waals surface area contributed by atoms with E-state index in [-0.39, 0.29) is 0 Å². The van der Waals surface area contributed by atoms with E-state index in [0.717, 1.165) is 48.3 Å². The Morgan fingerprint density at radius 1 is 0.757 bits per heavy atom. The van der Waals surface area contributed by atoms with Crippen LogP contribution in [0.2, 0.25) is 0 Å². The number of benzene rings is 3. The first-order chi connectivity index (χ1) is 18.2. The fraction of sp³-hybridized carbons (Fsp3) is 0.333. The molecule has 1 aliphatic rings. The average Bonchev–Trinajstić information content (AvgIpc) is 3.45. The molecule has 0 heterocycles. The quantitative estimate of drug-likeness (QED) is 0.169. The van der Waals surface area contributed by atoms with E-state index in [1.54, 1.807) is 14.2 Å². The van der Waals surface area contributed by atoms with Crippen molar-refractivity contribution in [1.82, 2.24) is 0 Å². The van der Waals surface area contributed by atoms with E-state index in [0.29, 0.717) is 32.3 Å². The number of methoxy groups -OCH3 is 2. The molecule has 1 atom stereocenters. The van der Waals surface area contributed by atoms with Gasteiger partial charge in [-0.2, -0.15) is 0 Å². The summed E-state index contributed by atoms with van der Waals surface area (Å²) in [4.78, 5) is 0. The van der Waals surface area contributed by atoms with Crippen LogP contribution in [0.4, 0.5) is 0 Å².